The van der Waals surface area contributed by atoms with Gasteiger partial charge in [-0.1, -0.05) is 11.6 Å². The van der Waals surface area contributed by atoms with Crippen molar-refractivity contribution in [3.05, 3.63) is 64.4 Å². The third kappa shape index (κ3) is 5.97. The average molecular weight is 378 g/mol. The predicted molar refractivity (Wildman–Crippen MR) is 95.7 cm³/mol. The van der Waals surface area contributed by atoms with Crippen LogP contribution in [0.1, 0.15) is 28.8 Å². The number of amides is 1. The Hall–Kier alpha value is -2.73. The maximum absolute atomic E-state index is 12.8. The second-order valence-electron chi connectivity index (χ2n) is 5.60. The van der Waals surface area contributed by atoms with Gasteiger partial charge in [-0.3, -0.25) is 14.4 Å². The summed E-state index contributed by atoms with van der Waals surface area (Å²) in [5.41, 5.74) is 1.67. The van der Waals surface area contributed by atoms with E-state index in [2.05, 4.69) is 5.32 Å². The molecule has 0 aliphatic heterocycles. The summed E-state index contributed by atoms with van der Waals surface area (Å²) < 4.78 is 17.7. The number of ketones is 1. The van der Waals surface area contributed by atoms with Crippen LogP contribution in [-0.4, -0.2) is 24.3 Å². The summed E-state index contributed by atoms with van der Waals surface area (Å²) in [5.74, 6) is -1.90. The van der Waals surface area contributed by atoms with Crippen molar-refractivity contribution >= 4 is 34.9 Å². The molecular formula is C19H17ClFNO4. The summed E-state index contributed by atoms with van der Waals surface area (Å²) >= 11 is 5.84. The van der Waals surface area contributed by atoms with Crippen molar-refractivity contribution in [3.63, 3.8) is 0 Å². The van der Waals surface area contributed by atoms with Crippen LogP contribution in [-0.2, 0) is 14.3 Å². The quantitative estimate of drug-likeness (QED) is 0.586. The fourth-order valence-electron chi connectivity index (χ4n) is 2.17. The van der Waals surface area contributed by atoms with Crippen molar-refractivity contribution in [1.29, 1.82) is 0 Å². The van der Waals surface area contributed by atoms with Crippen molar-refractivity contribution < 1.29 is 23.5 Å². The number of aryl methyl sites for hydroxylation is 1. The van der Waals surface area contributed by atoms with Gasteiger partial charge in [0.05, 0.1) is 6.42 Å². The number of ether oxygens (including phenoxy) is 1. The van der Waals surface area contributed by atoms with Crippen LogP contribution in [0, 0.1) is 12.7 Å². The number of carbonyl (C=O) groups is 3. The lowest BCUT2D eigenvalue weighted by Crippen LogP contribution is -2.21. The Morgan fingerprint density at radius 3 is 2.42 bits per heavy atom. The van der Waals surface area contributed by atoms with Crippen LogP contribution in [0.5, 0.6) is 0 Å². The van der Waals surface area contributed by atoms with Crippen LogP contribution >= 0.6 is 11.6 Å². The van der Waals surface area contributed by atoms with Crippen molar-refractivity contribution in [1.82, 2.24) is 0 Å². The zero-order chi connectivity index (χ0) is 19.1. The molecule has 0 aliphatic rings. The molecule has 7 heteroatoms. The third-order valence-electron chi connectivity index (χ3n) is 3.55. The fourth-order valence-corrected chi connectivity index (χ4v) is 2.39. The molecule has 0 heterocycles. The summed E-state index contributed by atoms with van der Waals surface area (Å²) in [7, 11) is 0. The third-order valence-corrected chi connectivity index (χ3v) is 3.78. The zero-order valence-corrected chi connectivity index (χ0v) is 14.8. The monoisotopic (exact) mass is 377 g/mol. The van der Waals surface area contributed by atoms with Gasteiger partial charge in [0.1, 0.15) is 5.82 Å². The molecule has 0 bridgehead atoms. The van der Waals surface area contributed by atoms with E-state index in [-0.39, 0.29) is 18.6 Å². The number of hydrogen-bond acceptors (Lipinski definition) is 4. The normalized spacial score (nSPS) is 10.3. The Balaban J connectivity index is 1.74. The maximum Gasteiger partial charge on any atom is 0.306 e. The van der Waals surface area contributed by atoms with E-state index < -0.39 is 24.3 Å². The number of anilines is 1. The van der Waals surface area contributed by atoms with Gasteiger partial charge in [-0.25, -0.2) is 4.39 Å². The summed E-state index contributed by atoms with van der Waals surface area (Å²) in [5, 5.41) is 3.17. The Bertz CT molecular complexity index is 821. The molecule has 2 rings (SSSR count). The second kappa shape index (κ2) is 9.10. The number of halogens is 2. The van der Waals surface area contributed by atoms with E-state index in [1.807, 2.05) is 0 Å². The molecule has 136 valence electrons. The van der Waals surface area contributed by atoms with E-state index in [1.54, 1.807) is 25.1 Å². The van der Waals surface area contributed by atoms with Gasteiger partial charge in [0, 0.05) is 22.7 Å². The van der Waals surface area contributed by atoms with Gasteiger partial charge in [0.15, 0.2) is 12.4 Å². The van der Waals surface area contributed by atoms with Gasteiger partial charge in [0.2, 0.25) is 0 Å². The lowest BCUT2D eigenvalue weighted by atomic mass is 10.1. The highest BCUT2D eigenvalue weighted by Crippen LogP contribution is 2.19. The molecule has 0 unspecified atom stereocenters. The number of carbonyl (C=O) groups excluding carboxylic acids is 3. The standard InChI is InChI=1S/C19H17ClFNO4/c1-12-10-14(20)4-7-16(12)22-18(24)11-26-19(25)9-8-17(23)13-2-5-15(21)6-3-13/h2-7,10H,8-9,11H2,1H3,(H,22,24). The molecule has 0 fully saturated rings. The Morgan fingerprint density at radius 1 is 1.08 bits per heavy atom. The number of Topliss-reactive ketones (excluding diaryl/α,β-unsaturated/α-hetero) is 1. The van der Waals surface area contributed by atoms with Crippen molar-refractivity contribution in [2.75, 3.05) is 11.9 Å². The molecule has 2 aromatic carbocycles. The molecule has 0 saturated heterocycles. The second-order valence-corrected chi connectivity index (χ2v) is 6.03. The highest BCUT2D eigenvalue weighted by atomic mass is 35.5. The number of nitrogens with one attached hydrogen (secondary N) is 1. The van der Waals surface area contributed by atoms with Crippen LogP contribution < -0.4 is 5.32 Å². The SMILES string of the molecule is Cc1cc(Cl)ccc1NC(=O)COC(=O)CCC(=O)c1ccc(F)cc1. The van der Waals surface area contributed by atoms with E-state index in [4.69, 9.17) is 16.3 Å². The maximum atomic E-state index is 12.8. The highest BCUT2D eigenvalue weighted by molar-refractivity contribution is 6.30. The van der Waals surface area contributed by atoms with Gasteiger partial charge >= 0.3 is 5.97 Å². The number of hydrogen-bond donors (Lipinski definition) is 1. The molecule has 0 atom stereocenters. The number of rotatable bonds is 7. The first-order valence-corrected chi connectivity index (χ1v) is 8.23. The average Bonchev–Trinajstić information content (AvgIpc) is 2.61. The van der Waals surface area contributed by atoms with Crippen LogP contribution in [0.3, 0.4) is 0 Å². The molecule has 0 spiro atoms. The van der Waals surface area contributed by atoms with E-state index in [1.165, 1.54) is 24.3 Å². The van der Waals surface area contributed by atoms with Gasteiger partial charge in [0.25, 0.3) is 5.91 Å². The van der Waals surface area contributed by atoms with Crippen molar-refractivity contribution in [2.45, 2.75) is 19.8 Å². The van der Waals surface area contributed by atoms with E-state index in [9.17, 15) is 18.8 Å². The largest absolute Gasteiger partial charge is 0.456 e. The molecule has 1 N–H and O–H groups in total. The molecule has 0 saturated carbocycles. The molecule has 2 aromatic rings. The molecule has 26 heavy (non-hydrogen) atoms. The lowest BCUT2D eigenvalue weighted by molar-refractivity contribution is -0.147. The first kappa shape index (κ1) is 19.6. The minimum atomic E-state index is -0.663. The fraction of sp³-hybridized carbons (Fsp3) is 0.211. The van der Waals surface area contributed by atoms with Crippen LogP contribution in [0.4, 0.5) is 10.1 Å². The smallest absolute Gasteiger partial charge is 0.306 e. The van der Waals surface area contributed by atoms with Crippen LogP contribution in [0.2, 0.25) is 5.02 Å². The topological polar surface area (TPSA) is 72.5 Å². The number of esters is 1. The van der Waals surface area contributed by atoms with Gasteiger partial charge in [-0.15, -0.1) is 0 Å². The molecule has 1 amide bonds. The molecule has 5 nitrogen and oxygen atoms in total. The van der Waals surface area contributed by atoms with E-state index in [0.717, 1.165) is 5.56 Å². The summed E-state index contributed by atoms with van der Waals surface area (Å²) in [6.45, 7) is 1.33. The van der Waals surface area contributed by atoms with Crippen molar-refractivity contribution in [3.8, 4) is 0 Å². The Labute approximate surface area is 155 Å². The van der Waals surface area contributed by atoms with Crippen LogP contribution in [0.25, 0.3) is 0 Å². The highest BCUT2D eigenvalue weighted by Gasteiger charge is 2.12. The van der Waals surface area contributed by atoms with Crippen LogP contribution in [0.15, 0.2) is 42.5 Å². The summed E-state index contributed by atoms with van der Waals surface area (Å²) in [4.78, 5) is 35.4. The van der Waals surface area contributed by atoms with Gasteiger partial charge in [-0.2, -0.15) is 0 Å². The van der Waals surface area contributed by atoms with Crippen molar-refractivity contribution in [2.24, 2.45) is 0 Å². The Morgan fingerprint density at radius 2 is 1.77 bits per heavy atom. The summed E-state index contributed by atoms with van der Waals surface area (Å²) in [6, 6.07) is 10.0. The van der Waals surface area contributed by atoms with Gasteiger partial charge < -0.3 is 10.1 Å². The van der Waals surface area contributed by atoms with Gasteiger partial charge in [-0.05, 0) is 55.0 Å². The zero-order valence-electron chi connectivity index (χ0n) is 14.1. The molecule has 0 radical (unpaired) electrons. The first-order valence-electron chi connectivity index (χ1n) is 7.85. The lowest BCUT2D eigenvalue weighted by Gasteiger charge is -2.09. The minimum Gasteiger partial charge on any atom is -0.456 e. The number of benzene rings is 2. The van der Waals surface area contributed by atoms with E-state index in [0.29, 0.717) is 16.3 Å². The summed E-state index contributed by atoms with van der Waals surface area (Å²) in [6.07, 6.45) is -0.244. The predicted octanol–water partition coefficient (Wildman–Crippen LogP) is 3.93. The molecule has 0 aliphatic carbocycles. The Kier molecular flexibility index (Phi) is 6.86. The molecule has 0 aromatic heterocycles. The minimum absolute atomic E-state index is 0.0810. The molecular weight excluding hydrogens is 361 g/mol. The first-order chi connectivity index (χ1) is 12.3. The van der Waals surface area contributed by atoms with E-state index >= 15 is 0 Å².